The van der Waals surface area contributed by atoms with E-state index < -0.39 is 0 Å². The van der Waals surface area contributed by atoms with Gasteiger partial charge in [0.25, 0.3) is 5.91 Å². The summed E-state index contributed by atoms with van der Waals surface area (Å²) in [7, 11) is 1.64. The lowest BCUT2D eigenvalue weighted by Crippen LogP contribution is -2.45. The molecule has 7 heteroatoms. The largest absolute Gasteiger partial charge is 0.491 e. The molecule has 196 valence electrons. The van der Waals surface area contributed by atoms with E-state index in [4.69, 9.17) is 21.1 Å². The zero-order valence-corrected chi connectivity index (χ0v) is 22.5. The number of methoxy groups -OCH3 is 1. The fourth-order valence-corrected chi connectivity index (χ4v) is 4.85. The van der Waals surface area contributed by atoms with Crippen LogP contribution in [-0.4, -0.2) is 67.6 Å². The van der Waals surface area contributed by atoms with E-state index in [-0.39, 0.29) is 24.3 Å². The molecule has 0 saturated carbocycles. The summed E-state index contributed by atoms with van der Waals surface area (Å²) >= 11 is 6.37. The molecule has 1 aliphatic rings. The second-order valence-electron chi connectivity index (χ2n) is 9.79. The Morgan fingerprint density at radius 2 is 1.81 bits per heavy atom. The number of rotatable bonds is 7. The number of nitrogens with zero attached hydrogens (tertiary/aromatic N) is 2. The molecule has 2 amide bonds. The molecule has 0 N–H and O–H groups in total. The lowest BCUT2D eigenvalue weighted by molar-refractivity contribution is -0.134. The Hall–Kier alpha value is -2.57. The summed E-state index contributed by atoms with van der Waals surface area (Å²) in [5.41, 5.74) is 1.38. The van der Waals surface area contributed by atoms with Crippen molar-refractivity contribution in [3.63, 3.8) is 0 Å². The summed E-state index contributed by atoms with van der Waals surface area (Å²) < 4.78 is 11.5. The Bertz CT molecular complexity index is 997. The van der Waals surface area contributed by atoms with Gasteiger partial charge in [-0.1, -0.05) is 55.8 Å². The van der Waals surface area contributed by atoms with Crippen LogP contribution >= 0.6 is 11.6 Å². The van der Waals surface area contributed by atoms with Crippen molar-refractivity contribution in [3.8, 4) is 5.75 Å². The van der Waals surface area contributed by atoms with Crippen LogP contribution < -0.4 is 4.74 Å². The van der Waals surface area contributed by atoms with Gasteiger partial charge < -0.3 is 19.3 Å². The molecule has 0 bridgehead atoms. The third kappa shape index (κ3) is 7.97. The number of fused-ring (bicyclic) bond motifs is 1. The summed E-state index contributed by atoms with van der Waals surface area (Å²) in [6, 6.07) is 14.8. The fraction of sp³-hybridized carbons (Fsp3) is 0.517. The number of benzene rings is 2. The highest BCUT2D eigenvalue weighted by Gasteiger charge is 2.27. The van der Waals surface area contributed by atoms with Crippen molar-refractivity contribution >= 4 is 23.4 Å². The predicted molar refractivity (Wildman–Crippen MR) is 144 cm³/mol. The molecular weight excluding hydrogens is 476 g/mol. The van der Waals surface area contributed by atoms with Gasteiger partial charge in [-0.25, -0.2) is 0 Å². The number of ether oxygens (including phenoxy) is 2. The molecule has 0 fully saturated rings. The van der Waals surface area contributed by atoms with Crippen molar-refractivity contribution in [2.24, 2.45) is 5.92 Å². The highest BCUT2D eigenvalue weighted by atomic mass is 35.5. The SMILES string of the molecule is COCCN1CCCCCN(C(=O)Cc2ccccc2Cl)[C@@H](CC(C)C)COc2ccccc2C1=O. The van der Waals surface area contributed by atoms with Crippen LogP contribution in [0.4, 0.5) is 0 Å². The van der Waals surface area contributed by atoms with Gasteiger partial charge in [-0.2, -0.15) is 0 Å². The van der Waals surface area contributed by atoms with E-state index in [1.54, 1.807) is 7.11 Å². The first kappa shape index (κ1) is 28.0. The molecule has 0 radical (unpaired) electrons. The predicted octanol–water partition coefficient (Wildman–Crippen LogP) is 5.48. The van der Waals surface area contributed by atoms with E-state index in [0.29, 0.717) is 55.1 Å². The van der Waals surface area contributed by atoms with Gasteiger partial charge in [0.15, 0.2) is 0 Å². The van der Waals surface area contributed by atoms with Gasteiger partial charge in [0.05, 0.1) is 24.6 Å². The van der Waals surface area contributed by atoms with Gasteiger partial charge in [-0.3, -0.25) is 9.59 Å². The highest BCUT2D eigenvalue weighted by Crippen LogP contribution is 2.24. The molecule has 0 aliphatic carbocycles. The molecule has 6 nitrogen and oxygen atoms in total. The van der Waals surface area contributed by atoms with Gasteiger partial charge >= 0.3 is 0 Å². The van der Waals surface area contributed by atoms with E-state index in [2.05, 4.69) is 13.8 Å². The molecule has 2 aromatic rings. The summed E-state index contributed by atoms with van der Waals surface area (Å²) in [5, 5.41) is 0.608. The maximum absolute atomic E-state index is 13.6. The van der Waals surface area contributed by atoms with Gasteiger partial charge in [-0.05, 0) is 55.4 Å². The topological polar surface area (TPSA) is 59.1 Å². The minimum atomic E-state index is -0.103. The number of carbonyl (C=O) groups excluding carboxylic acids is 2. The minimum Gasteiger partial charge on any atom is -0.491 e. The number of para-hydroxylation sites is 1. The Morgan fingerprint density at radius 1 is 1.08 bits per heavy atom. The first-order valence-electron chi connectivity index (χ1n) is 12.9. The Morgan fingerprint density at radius 3 is 2.56 bits per heavy atom. The van der Waals surface area contributed by atoms with Gasteiger partial charge in [0.2, 0.25) is 5.91 Å². The molecular formula is C29H39ClN2O4. The second-order valence-corrected chi connectivity index (χ2v) is 10.2. The molecule has 36 heavy (non-hydrogen) atoms. The molecule has 1 atom stereocenters. The Labute approximate surface area is 220 Å². The smallest absolute Gasteiger partial charge is 0.257 e. The molecule has 1 heterocycles. The molecule has 1 aliphatic heterocycles. The van der Waals surface area contributed by atoms with Crippen LogP contribution in [0.1, 0.15) is 55.5 Å². The first-order chi connectivity index (χ1) is 17.4. The molecule has 3 rings (SSSR count). The number of amides is 2. The van der Waals surface area contributed by atoms with Crippen LogP contribution in [0.15, 0.2) is 48.5 Å². The van der Waals surface area contributed by atoms with Gasteiger partial charge in [0, 0.05) is 31.8 Å². The zero-order chi connectivity index (χ0) is 25.9. The van der Waals surface area contributed by atoms with Crippen molar-refractivity contribution in [3.05, 3.63) is 64.7 Å². The van der Waals surface area contributed by atoms with E-state index in [1.165, 1.54) is 0 Å². The van der Waals surface area contributed by atoms with Crippen LogP contribution in [0.2, 0.25) is 5.02 Å². The van der Waals surface area contributed by atoms with Gasteiger partial charge in [0.1, 0.15) is 12.4 Å². The first-order valence-corrected chi connectivity index (χ1v) is 13.3. The molecule has 0 spiro atoms. The summed E-state index contributed by atoms with van der Waals surface area (Å²) in [6.07, 6.45) is 3.71. The van der Waals surface area contributed by atoms with E-state index in [9.17, 15) is 9.59 Å². The minimum absolute atomic E-state index is 0.0473. The molecule has 0 unspecified atom stereocenters. The van der Waals surface area contributed by atoms with Crippen molar-refractivity contribution in [1.29, 1.82) is 0 Å². The third-order valence-electron chi connectivity index (χ3n) is 6.53. The van der Waals surface area contributed by atoms with E-state index >= 15 is 0 Å². The molecule has 0 aromatic heterocycles. The quantitative estimate of drug-likeness (QED) is 0.491. The van der Waals surface area contributed by atoms with E-state index in [0.717, 1.165) is 31.2 Å². The maximum Gasteiger partial charge on any atom is 0.257 e. The third-order valence-corrected chi connectivity index (χ3v) is 6.90. The number of halogens is 1. The maximum atomic E-state index is 13.6. The van der Waals surface area contributed by atoms with E-state index in [1.807, 2.05) is 58.3 Å². The monoisotopic (exact) mass is 514 g/mol. The second kappa shape index (κ2) is 14.2. The van der Waals surface area contributed by atoms with Crippen LogP contribution in [0, 0.1) is 5.92 Å². The fourth-order valence-electron chi connectivity index (χ4n) is 4.65. The lowest BCUT2D eigenvalue weighted by atomic mass is 10.0. The number of hydrogen-bond donors (Lipinski definition) is 0. The Balaban J connectivity index is 1.88. The van der Waals surface area contributed by atoms with Crippen LogP contribution in [0.5, 0.6) is 5.75 Å². The average Bonchev–Trinajstić information content (AvgIpc) is 2.87. The van der Waals surface area contributed by atoms with Crippen molar-refractivity contribution < 1.29 is 19.1 Å². The lowest BCUT2D eigenvalue weighted by Gasteiger charge is -2.33. The molecule has 2 aromatic carbocycles. The van der Waals surface area contributed by atoms with Crippen LogP contribution in [0.3, 0.4) is 0 Å². The normalized spacial score (nSPS) is 17.6. The number of carbonyl (C=O) groups is 2. The highest BCUT2D eigenvalue weighted by molar-refractivity contribution is 6.31. The van der Waals surface area contributed by atoms with Crippen molar-refractivity contribution in [2.45, 2.75) is 52.0 Å². The van der Waals surface area contributed by atoms with Crippen molar-refractivity contribution in [2.75, 3.05) is 40.0 Å². The summed E-state index contributed by atoms with van der Waals surface area (Å²) in [4.78, 5) is 30.8. The summed E-state index contributed by atoms with van der Waals surface area (Å²) in [5.74, 6) is 0.940. The van der Waals surface area contributed by atoms with Crippen LogP contribution in [0.25, 0.3) is 0 Å². The van der Waals surface area contributed by atoms with Crippen LogP contribution in [-0.2, 0) is 16.0 Å². The summed E-state index contributed by atoms with van der Waals surface area (Å²) in [6.45, 7) is 6.94. The van der Waals surface area contributed by atoms with Crippen molar-refractivity contribution in [1.82, 2.24) is 9.80 Å². The number of hydrogen-bond acceptors (Lipinski definition) is 4. The standard InChI is InChI=1S/C29H39ClN2O4/c1-22(2)19-24-21-36-27-14-8-6-12-25(27)29(34)31(17-18-35-3)15-9-4-10-16-32(24)28(33)20-23-11-5-7-13-26(23)30/h5-8,11-14,22,24H,4,9-10,15-21H2,1-3H3/t24-/m0/s1. The average molecular weight is 515 g/mol. The molecule has 0 saturated heterocycles. The Kier molecular flexibility index (Phi) is 11.1. The van der Waals surface area contributed by atoms with Gasteiger partial charge in [-0.15, -0.1) is 0 Å². The zero-order valence-electron chi connectivity index (χ0n) is 21.7.